The molecular weight excluding hydrogens is 391 g/mol. The molecule has 154 valence electrons. The molecule has 0 radical (unpaired) electrons. The van der Waals surface area contributed by atoms with Gasteiger partial charge in [-0.2, -0.15) is 18.3 Å². The average Bonchev–Trinajstić information content (AvgIpc) is 2.71. The van der Waals surface area contributed by atoms with Crippen molar-refractivity contribution in [1.29, 1.82) is 0 Å². The largest absolute Gasteiger partial charge is 0.497 e. The lowest BCUT2D eigenvalue weighted by atomic mass is 10.1. The summed E-state index contributed by atoms with van der Waals surface area (Å²) in [6.45, 7) is -0.358. The third-order valence-electron chi connectivity index (χ3n) is 3.66. The molecule has 29 heavy (non-hydrogen) atoms. The summed E-state index contributed by atoms with van der Waals surface area (Å²) in [7, 11) is 2.89. The number of rotatable bonds is 7. The summed E-state index contributed by atoms with van der Waals surface area (Å²) >= 11 is 0. The number of ether oxygens (including phenoxy) is 2. The molecule has 0 spiro atoms. The average molecular weight is 409 g/mol. The SMILES string of the molecule is COc1cc(OC)cc(C(=O)NCC(=O)N/N=C\c2ccc(C(F)(F)F)cc2)c1. The minimum absolute atomic E-state index is 0.238. The zero-order valence-electron chi connectivity index (χ0n) is 15.5. The zero-order chi connectivity index (χ0) is 21.4. The van der Waals surface area contributed by atoms with Gasteiger partial charge in [0.05, 0.1) is 32.5 Å². The van der Waals surface area contributed by atoms with Gasteiger partial charge >= 0.3 is 6.18 Å². The Kier molecular flexibility index (Phi) is 7.18. The Hall–Kier alpha value is -3.56. The first-order valence-corrected chi connectivity index (χ1v) is 8.23. The number of nitrogens with one attached hydrogen (secondary N) is 2. The summed E-state index contributed by atoms with van der Waals surface area (Å²) in [5.74, 6) is -0.305. The van der Waals surface area contributed by atoms with Crippen molar-refractivity contribution in [3.05, 3.63) is 59.2 Å². The second-order valence-electron chi connectivity index (χ2n) is 5.70. The smallest absolute Gasteiger partial charge is 0.416 e. The number of hydrogen-bond acceptors (Lipinski definition) is 5. The molecule has 0 bridgehead atoms. The van der Waals surface area contributed by atoms with E-state index in [4.69, 9.17) is 9.47 Å². The molecule has 0 saturated carbocycles. The quantitative estimate of drug-likeness (QED) is 0.544. The fourth-order valence-electron chi connectivity index (χ4n) is 2.18. The fraction of sp³-hybridized carbons (Fsp3) is 0.211. The molecule has 10 heteroatoms. The van der Waals surface area contributed by atoms with E-state index in [0.717, 1.165) is 12.1 Å². The van der Waals surface area contributed by atoms with E-state index in [9.17, 15) is 22.8 Å². The molecule has 0 aliphatic rings. The maximum Gasteiger partial charge on any atom is 0.416 e. The molecule has 7 nitrogen and oxygen atoms in total. The van der Waals surface area contributed by atoms with Crippen LogP contribution in [0, 0.1) is 0 Å². The summed E-state index contributed by atoms with van der Waals surface area (Å²) in [5, 5.41) is 6.05. The number of benzene rings is 2. The van der Waals surface area contributed by atoms with Crippen LogP contribution in [0.3, 0.4) is 0 Å². The van der Waals surface area contributed by atoms with Crippen molar-refractivity contribution < 1.29 is 32.2 Å². The molecule has 2 aromatic carbocycles. The topological polar surface area (TPSA) is 89.0 Å². The number of alkyl halides is 3. The first-order chi connectivity index (χ1) is 13.7. The highest BCUT2D eigenvalue weighted by Crippen LogP contribution is 2.28. The van der Waals surface area contributed by atoms with Crippen LogP contribution in [0.15, 0.2) is 47.6 Å². The van der Waals surface area contributed by atoms with Gasteiger partial charge in [0.2, 0.25) is 0 Å². The minimum Gasteiger partial charge on any atom is -0.497 e. The van der Waals surface area contributed by atoms with Gasteiger partial charge in [0, 0.05) is 11.6 Å². The monoisotopic (exact) mass is 409 g/mol. The highest BCUT2D eigenvalue weighted by atomic mass is 19.4. The van der Waals surface area contributed by atoms with E-state index < -0.39 is 23.6 Å². The van der Waals surface area contributed by atoms with Gasteiger partial charge in [-0.3, -0.25) is 9.59 Å². The van der Waals surface area contributed by atoms with Crippen LogP contribution in [0.25, 0.3) is 0 Å². The van der Waals surface area contributed by atoms with Crippen molar-refractivity contribution >= 4 is 18.0 Å². The van der Waals surface area contributed by atoms with Crippen molar-refractivity contribution in [2.24, 2.45) is 5.10 Å². The molecule has 0 unspecified atom stereocenters. The van der Waals surface area contributed by atoms with Crippen molar-refractivity contribution in [2.45, 2.75) is 6.18 Å². The van der Waals surface area contributed by atoms with Crippen LogP contribution < -0.4 is 20.2 Å². The maximum atomic E-state index is 12.5. The Balaban J connectivity index is 1.87. The van der Waals surface area contributed by atoms with Crippen molar-refractivity contribution in [3.8, 4) is 11.5 Å². The van der Waals surface area contributed by atoms with Crippen LogP contribution in [0.5, 0.6) is 11.5 Å². The van der Waals surface area contributed by atoms with E-state index in [1.54, 1.807) is 6.07 Å². The van der Waals surface area contributed by atoms with Gasteiger partial charge in [-0.05, 0) is 29.8 Å². The maximum absolute atomic E-state index is 12.5. The Morgan fingerprint density at radius 2 is 1.62 bits per heavy atom. The third kappa shape index (κ3) is 6.52. The molecular formula is C19H18F3N3O4. The van der Waals surface area contributed by atoms with Crippen LogP contribution in [0.4, 0.5) is 13.2 Å². The standard InChI is InChI=1S/C19H18F3N3O4/c1-28-15-7-13(8-16(9-15)29-2)18(27)23-11-17(26)25-24-10-12-3-5-14(6-4-12)19(20,21)22/h3-10H,11H2,1-2H3,(H,23,27)(H,25,26)/b24-10-. The summed E-state index contributed by atoms with van der Waals surface area (Å²) < 4.78 is 47.6. The van der Waals surface area contributed by atoms with Gasteiger partial charge in [-0.25, -0.2) is 5.43 Å². The number of methoxy groups -OCH3 is 2. The molecule has 2 N–H and O–H groups in total. The number of hydrazone groups is 1. The zero-order valence-corrected chi connectivity index (χ0v) is 15.5. The highest BCUT2D eigenvalue weighted by Gasteiger charge is 2.29. The molecule has 0 heterocycles. The summed E-state index contributed by atoms with van der Waals surface area (Å²) in [6, 6.07) is 8.82. The Morgan fingerprint density at radius 3 is 2.14 bits per heavy atom. The van der Waals surface area contributed by atoms with E-state index in [0.29, 0.717) is 17.1 Å². The summed E-state index contributed by atoms with van der Waals surface area (Å²) in [5.41, 5.74) is 1.99. The molecule has 0 aromatic heterocycles. The minimum atomic E-state index is -4.42. The van der Waals surface area contributed by atoms with Crippen LogP contribution in [-0.2, 0) is 11.0 Å². The van der Waals surface area contributed by atoms with E-state index in [1.807, 2.05) is 0 Å². The number of carbonyl (C=O) groups is 2. The molecule has 2 amide bonds. The number of nitrogens with zero attached hydrogens (tertiary/aromatic N) is 1. The van der Waals surface area contributed by atoms with Gasteiger partial charge in [0.15, 0.2) is 0 Å². The highest BCUT2D eigenvalue weighted by molar-refractivity contribution is 5.97. The van der Waals surface area contributed by atoms with E-state index in [-0.39, 0.29) is 12.1 Å². The number of amides is 2. The lowest BCUT2D eigenvalue weighted by Crippen LogP contribution is -2.34. The van der Waals surface area contributed by atoms with E-state index in [2.05, 4.69) is 15.8 Å². The van der Waals surface area contributed by atoms with Crippen molar-refractivity contribution in [2.75, 3.05) is 20.8 Å². The van der Waals surface area contributed by atoms with Gasteiger partial charge in [0.25, 0.3) is 11.8 Å². The first kappa shape index (κ1) is 21.7. The first-order valence-electron chi connectivity index (χ1n) is 8.23. The normalized spacial score (nSPS) is 11.2. The van der Waals surface area contributed by atoms with Crippen molar-refractivity contribution in [1.82, 2.24) is 10.7 Å². The second kappa shape index (κ2) is 9.58. The van der Waals surface area contributed by atoms with Crippen LogP contribution in [0.2, 0.25) is 0 Å². The van der Waals surface area contributed by atoms with E-state index >= 15 is 0 Å². The number of carbonyl (C=O) groups excluding carboxylic acids is 2. The van der Waals surface area contributed by atoms with Gasteiger partial charge in [-0.15, -0.1) is 0 Å². The number of halogens is 3. The predicted octanol–water partition coefficient (Wildman–Crippen LogP) is 2.60. The molecule has 2 rings (SSSR count). The molecule has 0 aliphatic heterocycles. The Labute approximate surface area is 164 Å². The van der Waals surface area contributed by atoms with Crippen LogP contribution in [-0.4, -0.2) is 38.8 Å². The third-order valence-corrected chi connectivity index (χ3v) is 3.66. The Morgan fingerprint density at radius 1 is 1.03 bits per heavy atom. The second-order valence-corrected chi connectivity index (χ2v) is 5.70. The summed E-state index contributed by atoms with van der Waals surface area (Å²) in [4.78, 5) is 23.9. The fourth-order valence-corrected chi connectivity index (χ4v) is 2.18. The number of hydrogen-bond donors (Lipinski definition) is 2. The molecule has 0 saturated heterocycles. The van der Waals surface area contributed by atoms with Crippen LogP contribution >= 0.6 is 0 Å². The lowest BCUT2D eigenvalue weighted by molar-refractivity contribution is -0.137. The summed E-state index contributed by atoms with van der Waals surface area (Å²) in [6.07, 6.45) is -3.23. The van der Waals surface area contributed by atoms with Gasteiger partial charge in [-0.1, -0.05) is 12.1 Å². The van der Waals surface area contributed by atoms with E-state index in [1.165, 1.54) is 44.7 Å². The van der Waals surface area contributed by atoms with Crippen molar-refractivity contribution in [3.63, 3.8) is 0 Å². The molecule has 0 atom stereocenters. The predicted molar refractivity (Wildman–Crippen MR) is 99.1 cm³/mol. The molecule has 0 aliphatic carbocycles. The Bertz CT molecular complexity index is 874. The van der Waals surface area contributed by atoms with Gasteiger partial charge in [0.1, 0.15) is 11.5 Å². The van der Waals surface area contributed by atoms with Crippen LogP contribution in [0.1, 0.15) is 21.5 Å². The molecule has 0 fully saturated rings. The lowest BCUT2D eigenvalue weighted by Gasteiger charge is -2.09. The van der Waals surface area contributed by atoms with Gasteiger partial charge < -0.3 is 14.8 Å². The molecule has 2 aromatic rings.